The minimum Gasteiger partial charge on any atom is -0.341 e. The molecule has 0 bridgehead atoms. The van der Waals surface area contributed by atoms with Gasteiger partial charge in [0, 0.05) is 23.1 Å². The summed E-state index contributed by atoms with van der Waals surface area (Å²) in [7, 11) is 0. The van der Waals surface area contributed by atoms with Gasteiger partial charge in [-0.25, -0.2) is 0 Å². The molecule has 0 unspecified atom stereocenters. The lowest BCUT2D eigenvalue weighted by Crippen LogP contribution is -2.31. The Labute approximate surface area is 124 Å². The summed E-state index contributed by atoms with van der Waals surface area (Å²) in [5.74, 6) is 0.592. The van der Waals surface area contributed by atoms with E-state index < -0.39 is 0 Å². The quantitative estimate of drug-likeness (QED) is 0.856. The van der Waals surface area contributed by atoms with E-state index >= 15 is 0 Å². The average molecular weight is 336 g/mol. The number of halogens is 1. The first-order chi connectivity index (χ1) is 9.72. The Kier molecular flexibility index (Phi) is 3.77. The summed E-state index contributed by atoms with van der Waals surface area (Å²) >= 11 is 3.38. The smallest absolute Gasteiger partial charge is 0.246 e. The first kappa shape index (κ1) is 13.2. The summed E-state index contributed by atoms with van der Waals surface area (Å²) in [4.78, 5) is 15.2. The van der Waals surface area contributed by atoms with Crippen LogP contribution in [0.3, 0.4) is 0 Å². The lowest BCUT2D eigenvalue weighted by Gasteiger charge is -2.13. The molecule has 7 heteroatoms. The fraction of sp³-hybridized carbons (Fsp3) is 0.385. The number of rotatable bonds is 3. The normalized spacial score (nSPS) is 14.8. The minimum atomic E-state index is 0.0576. The van der Waals surface area contributed by atoms with Gasteiger partial charge < -0.3 is 4.90 Å². The molecule has 0 N–H and O–H groups in total. The van der Waals surface area contributed by atoms with E-state index in [1.807, 2.05) is 29.2 Å². The molecule has 2 heterocycles. The van der Waals surface area contributed by atoms with E-state index in [0.717, 1.165) is 36.0 Å². The molecule has 1 fully saturated rings. The molecule has 1 saturated heterocycles. The molecule has 104 valence electrons. The van der Waals surface area contributed by atoms with Crippen molar-refractivity contribution in [2.75, 3.05) is 13.1 Å². The Morgan fingerprint density at radius 3 is 2.60 bits per heavy atom. The number of carbonyl (C=O) groups excluding carboxylic acids is 1. The molecule has 1 aromatic carbocycles. The van der Waals surface area contributed by atoms with Crippen LogP contribution in [0.4, 0.5) is 0 Å². The van der Waals surface area contributed by atoms with Gasteiger partial charge >= 0.3 is 0 Å². The molecule has 0 saturated carbocycles. The molecule has 1 amide bonds. The number of likely N-dealkylation sites (tertiary alicyclic amines) is 1. The maximum Gasteiger partial charge on any atom is 0.246 e. The number of carbonyl (C=O) groups is 1. The number of tetrazole rings is 1. The second kappa shape index (κ2) is 5.70. The molecular weight excluding hydrogens is 322 g/mol. The summed E-state index contributed by atoms with van der Waals surface area (Å²) in [6.07, 6.45) is 2.17. The number of aromatic nitrogens is 4. The molecule has 2 aromatic rings. The average Bonchev–Trinajstić information content (AvgIpc) is 3.10. The highest BCUT2D eigenvalue weighted by Crippen LogP contribution is 2.17. The molecule has 1 aliphatic rings. The van der Waals surface area contributed by atoms with E-state index in [2.05, 4.69) is 31.3 Å². The summed E-state index contributed by atoms with van der Waals surface area (Å²) in [5, 5.41) is 12.2. The van der Waals surface area contributed by atoms with Gasteiger partial charge in [0.25, 0.3) is 0 Å². The van der Waals surface area contributed by atoms with Crippen LogP contribution < -0.4 is 0 Å². The fourth-order valence-electron chi connectivity index (χ4n) is 2.21. The van der Waals surface area contributed by atoms with Gasteiger partial charge in [0.15, 0.2) is 0 Å². The molecule has 20 heavy (non-hydrogen) atoms. The molecule has 0 atom stereocenters. The number of hydrogen-bond donors (Lipinski definition) is 0. The van der Waals surface area contributed by atoms with Crippen molar-refractivity contribution in [1.29, 1.82) is 0 Å². The fourth-order valence-corrected chi connectivity index (χ4v) is 2.48. The van der Waals surface area contributed by atoms with Gasteiger partial charge in [-0.15, -0.1) is 10.2 Å². The topological polar surface area (TPSA) is 63.9 Å². The Morgan fingerprint density at radius 2 is 1.90 bits per heavy atom. The number of amides is 1. The Balaban J connectivity index is 1.70. The first-order valence-electron chi connectivity index (χ1n) is 6.54. The van der Waals surface area contributed by atoms with Crippen LogP contribution in [0, 0.1) is 0 Å². The van der Waals surface area contributed by atoms with Crippen molar-refractivity contribution in [2.24, 2.45) is 0 Å². The third kappa shape index (κ3) is 2.87. The third-order valence-corrected chi connectivity index (χ3v) is 3.82. The zero-order chi connectivity index (χ0) is 13.9. The molecule has 1 aliphatic heterocycles. The minimum absolute atomic E-state index is 0.0576. The summed E-state index contributed by atoms with van der Waals surface area (Å²) in [6.45, 7) is 1.84. The highest BCUT2D eigenvalue weighted by atomic mass is 79.9. The lowest BCUT2D eigenvalue weighted by atomic mass is 10.2. The summed E-state index contributed by atoms with van der Waals surface area (Å²) in [6, 6.07) is 7.66. The maximum atomic E-state index is 12.0. The van der Waals surface area contributed by atoms with Crippen molar-refractivity contribution in [1.82, 2.24) is 25.1 Å². The van der Waals surface area contributed by atoms with Crippen LogP contribution in [-0.2, 0) is 11.3 Å². The van der Waals surface area contributed by atoms with Crippen molar-refractivity contribution in [3.05, 3.63) is 28.7 Å². The van der Waals surface area contributed by atoms with Gasteiger partial charge in [0.05, 0.1) is 0 Å². The standard InChI is InChI=1S/C13H14BrN5O/c14-11-5-3-10(4-6-11)13-15-17-19(16-13)9-12(20)18-7-1-2-8-18/h3-6H,1-2,7-9H2. The Morgan fingerprint density at radius 1 is 1.20 bits per heavy atom. The van der Waals surface area contributed by atoms with E-state index in [4.69, 9.17) is 0 Å². The van der Waals surface area contributed by atoms with E-state index in [-0.39, 0.29) is 12.5 Å². The SMILES string of the molecule is O=C(Cn1nnc(-c2ccc(Br)cc2)n1)N1CCCC1. The second-order valence-electron chi connectivity index (χ2n) is 4.74. The van der Waals surface area contributed by atoms with Gasteiger partial charge in [-0.3, -0.25) is 4.79 Å². The molecule has 0 spiro atoms. The molecule has 0 aliphatic carbocycles. The highest BCUT2D eigenvalue weighted by molar-refractivity contribution is 9.10. The van der Waals surface area contributed by atoms with Crippen LogP contribution in [0.5, 0.6) is 0 Å². The predicted molar refractivity (Wildman–Crippen MR) is 76.8 cm³/mol. The van der Waals surface area contributed by atoms with Crippen LogP contribution in [0.25, 0.3) is 11.4 Å². The van der Waals surface area contributed by atoms with Gasteiger partial charge in [0.1, 0.15) is 6.54 Å². The molecular formula is C13H14BrN5O. The van der Waals surface area contributed by atoms with Crippen molar-refractivity contribution >= 4 is 21.8 Å². The van der Waals surface area contributed by atoms with Crippen LogP contribution in [-0.4, -0.2) is 44.1 Å². The third-order valence-electron chi connectivity index (χ3n) is 3.29. The molecule has 6 nitrogen and oxygen atoms in total. The predicted octanol–water partition coefficient (Wildman–Crippen LogP) is 1.72. The van der Waals surface area contributed by atoms with E-state index in [9.17, 15) is 4.79 Å². The molecule has 3 rings (SSSR count). The van der Waals surface area contributed by atoms with Gasteiger partial charge in [-0.1, -0.05) is 15.9 Å². The van der Waals surface area contributed by atoms with Crippen molar-refractivity contribution < 1.29 is 4.79 Å². The van der Waals surface area contributed by atoms with Crippen molar-refractivity contribution in [3.8, 4) is 11.4 Å². The number of benzene rings is 1. The van der Waals surface area contributed by atoms with Crippen molar-refractivity contribution in [3.63, 3.8) is 0 Å². The lowest BCUT2D eigenvalue weighted by molar-refractivity contribution is -0.131. The number of hydrogen-bond acceptors (Lipinski definition) is 4. The largest absolute Gasteiger partial charge is 0.341 e. The second-order valence-corrected chi connectivity index (χ2v) is 5.65. The van der Waals surface area contributed by atoms with Gasteiger partial charge in [-0.2, -0.15) is 4.80 Å². The summed E-state index contributed by atoms with van der Waals surface area (Å²) in [5.41, 5.74) is 0.882. The van der Waals surface area contributed by atoms with Gasteiger partial charge in [0.2, 0.25) is 11.7 Å². The first-order valence-corrected chi connectivity index (χ1v) is 7.33. The Hall–Kier alpha value is -1.76. The van der Waals surface area contributed by atoms with Crippen LogP contribution in [0.1, 0.15) is 12.8 Å². The monoisotopic (exact) mass is 335 g/mol. The maximum absolute atomic E-state index is 12.0. The van der Waals surface area contributed by atoms with E-state index in [1.54, 1.807) is 0 Å². The van der Waals surface area contributed by atoms with Crippen LogP contribution >= 0.6 is 15.9 Å². The summed E-state index contributed by atoms with van der Waals surface area (Å²) < 4.78 is 0.998. The Bertz CT molecular complexity index is 603. The van der Waals surface area contributed by atoms with E-state index in [1.165, 1.54) is 4.80 Å². The number of nitrogens with zero attached hydrogens (tertiary/aromatic N) is 5. The zero-order valence-corrected chi connectivity index (χ0v) is 12.5. The van der Waals surface area contributed by atoms with Crippen LogP contribution in [0.15, 0.2) is 28.7 Å². The molecule has 0 radical (unpaired) electrons. The zero-order valence-electron chi connectivity index (χ0n) is 10.9. The van der Waals surface area contributed by atoms with Gasteiger partial charge in [-0.05, 0) is 42.3 Å². The van der Waals surface area contributed by atoms with E-state index in [0.29, 0.717) is 5.82 Å². The highest BCUT2D eigenvalue weighted by Gasteiger charge is 2.19. The molecule has 1 aromatic heterocycles. The van der Waals surface area contributed by atoms with Crippen molar-refractivity contribution in [2.45, 2.75) is 19.4 Å². The van der Waals surface area contributed by atoms with Crippen LogP contribution in [0.2, 0.25) is 0 Å².